The van der Waals surface area contributed by atoms with Crippen molar-refractivity contribution in [2.24, 2.45) is 10.9 Å². The first-order chi connectivity index (χ1) is 10.9. The van der Waals surface area contributed by atoms with E-state index in [1.165, 1.54) is 12.8 Å². The Labute approximate surface area is 136 Å². The number of aliphatic imine (C=N–C) groups is 1. The summed E-state index contributed by atoms with van der Waals surface area (Å²) in [5.74, 6) is -0.246. The molecule has 0 aromatic rings. The Morgan fingerprint density at radius 3 is 2.83 bits per heavy atom. The minimum atomic E-state index is -2.60. The predicted molar refractivity (Wildman–Crippen MR) is 85.8 cm³/mol. The fraction of sp³-hybridized carbons (Fsp3) is 0.706. The molecule has 4 aliphatic rings. The van der Waals surface area contributed by atoms with Crippen molar-refractivity contribution in [1.82, 2.24) is 14.9 Å². The molecule has 0 unspecified atom stereocenters. The minimum absolute atomic E-state index is 0.0129. The van der Waals surface area contributed by atoms with E-state index in [-0.39, 0.29) is 13.0 Å². The number of likely N-dealkylation sites (tertiary alicyclic amines) is 1. The van der Waals surface area contributed by atoms with Crippen LogP contribution in [0.3, 0.4) is 0 Å². The number of hydrazine groups is 1. The molecule has 0 aromatic heterocycles. The molecule has 1 saturated carbocycles. The highest BCUT2D eigenvalue weighted by Crippen LogP contribution is 2.39. The number of nitrogens with zero attached hydrogens (tertiary/aromatic N) is 4. The molecule has 126 valence electrons. The van der Waals surface area contributed by atoms with Crippen molar-refractivity contribution in [1.29, 1.82) is 0 Å². The van der Waals surface area contributed by atoms with Crippen molar-refractivity contribution in [3.8, 4) is 0 Å². The molecule has 1 atom stereocenters. The van der Waals surface area contributed by atoms with Crippen LogP contribution in [0.25, 0.3) is 0 Å². The van der Waals surface area contributed by atoms with Crippen LogP contribution in [0.15, 0.2) is 28.7 Å². The summed E-state index contributed by atoms with van der Waals surface area (Å²) in [4.78, 5) is 6.41. The number of halogens is 2. The quantitative estimate of drug-likeness (QED) is 0.779. The summed E-state index contributed by atoms with van der Waals surface area (Å²) in [6.07, 6.45) is 7.18. The highest BCUT2D eigenvalue weighted by molar-refractivity contribution is 5.95. The van der Waals surface area contributed by atoms with Crippen LogP contribution in [-0.4, -0.2) is 52.4 Å². The van der Waals surface area contributed by atoms with Crippen molar-refractivity contribution in [2.75, 3.05) is 19.6 Å². The smallest absolute Gasteiger partial charge is 0.265 e. The first-order valence-corrected chi connectivity index (χ1v) is 8.61. The van der Waals surface area contributed by atoms with Crippen LogP contribution in [-0.2, 0) is 0 Å². The van der Waals surface area contributed by atoms with Gasteiger partial charge in [-0.25, -0.2) is 18.8 Å². The van der Waals surface area contributed by atoms with Crippen molar-refractivity contribution in [3.05, 3.63) is 23.7 Å². The zero-order chi connectivity index (χ0) is 16.2. The van der Waals surface area contributed by atoms with Gasteiger partial charge < -0.3 is 4.90 Å². The van der Waals surface area contributed by atoms with Gasteiger partial charge >= 0.3 is 0 Å². The van der Waals surface area contributed by atoms with E-state index in [1.54, 1.807) is 4.90 Å². The fourth-order valence-corrected chi connectivity index (χ4v) is 3.84. The summed E-state index contributed by atoms with van der Waals surface area (Å²) in [5, 5.41) is 4.51. The van der Waals surface area contributed by atoms with E-state index < -0.39 is 5.92 Å². The molecule has 23 heavy (non-hydrogen) atoms. The van der Waals surface area contributed by atoms with E-state index in [1.807, 2.05) is 13.0 Å². The molecular weight excluding hydrogens is 298 g/mol. The predicted octanol–water partition coefficient (Wildman–Crippen LogP) is 3.21. The second-order valence-electron chi connectivity index (χ2n) is 7.21. The van der Waals surface area contributed by atoms with Gasteiger partial charge in [0.15, 0.2) is 0 Å². The highest BCUT2D eigenvalue weighted by atomic mass is 19.3. The standard InChI is InChI=1S/C17H24F2N4/c1-12-10-16(21-8-3-7-17(18,19)11-21)20-15-6-9-22(23(12)15)13(2)14-4-5-14/h6,10,13-14H,3-5,7-9,11H2,1-2H3/t13-/m0/s1. The zero-order valence-corrected chi connectivity index (χ0v) is 13.8. The van der Waals surface area contributed by atoms with E-state index in [4.69, 9.17) is 0 Å². The van der Waals surface area contributed by atoms with Crippen molar-refractivity contribution < 1.29 is 8.78 Å². The number of piperidine rings is 1. The molecule has 0 radical (unpaired) electrons. The third-order valence-electron chi connectivity index (χ3n) is 5.33. The molecule has 4 rings (SSSR count). The normalized spacial score (nSPS) is 29.0. The minimum Gasteiger partial charge on any atom is -0.350 e. The lowest BCUT2D eigenvalue weighted by molar-refractivity contribution is -0.0468. The summed E-state index contributed by atoms with van der Waals surface area (Å²) in [5.41, 5.74) is 1.07. The molecule has 0 spiro atoms. The Kier molecular flexibility index (Phi) is 3.48. The maximum absolute atomic E-state index is 13.7. The van der Waals surface area contributed by atoms with E-state index in [2.05, 4.69) is 28.0 Å². The average molecular weight is 322 g/mol. The Bertz CT molecular complexity index is 591. The lowest BCUT2D eigenvalue weighted by Gasteiger charge is -2.40. The summed E-state index contributed by atoms with van der Waals surface area (Å²) in [7, 11) is 0. The summed E-state index contributed by atoms with van der Waals surface area (Å²) in [6, 6.07) is 0.503. The van der Waals surface area contributed by atoms with Gasteiger partial charge in [0.2, 0.25) is 0 Å². The Morgan fingerprint density at radius 2 is 2.13 bits per heavy atom. The van der Waals surface area contributed by atoms with Gasteiger partial charge in [0.25, 0.3) is 5.92 Å². The highest BCUT2D eigenvalue weighted by Gasteiger charge is 2.40. The van der Waals surface area contributed by atoms with Gasteiger partial charge in [-0.3, -0.25) is 5.01 Å². The number of allylic oxidation sites excluding steroid dienone is 1. The maximum Gasteiger partial charge on any atom is 0.265 e. The van der Waals surface area contributed by atoms with Gasteiger partial charge in [0.05, 0.1) is 6.54 Å². The van der Waals surface area contributed by atoms with Gasteiger partial charge in [-0.2, -0.15) is 0 Å². The molecule has 0 aromatic carbocycles. The Balaban J connectivity index is 1.54. The van der Waals surface area contributed by atoms with Gasteiger partial charge in [-0.15, -0.1) is 0 Å². The molecule has 4 nitrogen and oxygen atoms in total. The van der Waals surface area contributed by atoms with Gasteiger partial charge in [-0.05, 0) is 45.1 Å². The first kappa shape index (κ1) is 15.1. The Morgan fingerprint density at radius 1 is 1.35 bits per heavy atom. The molecular formula is C17H24F2N4. The molecule has 1 aliphatic carbocycles. The second-order valence-corrected chi connectivity index (χ2v) is 7.21. The number of amidine groups is 1. The van der Waals surface area contributed by atoms with E-state index >= 15 is 0 Å². The van der Waals surface area contributed by atoms with Gasteiger partial charge in [-0.1, -0.05) is 0 Å². The summed E-state index contributed by atoms with van der Waals surface area (Å²) in [6.45, 7) is 5.61. The molecule has 3 heterocycles. The first-order valence-electron chi connectivity index (χ1n) is 8.61. The molecule has 0 amide bonds. The van der Waals surface area contributed by atoms with Crippen LogP contribution in [0.5, 0.6) is 0 Å². The van der Waals surface area contributed by atoms with E-state index in [9.17, 15) is 8.78 Å². The number of hydrogen-bond donors (Lipinski definition) is 0. The third-order valence-corrected chi connectivity index (χ3v) is 5.33. The fourth-order valence-electron chi connectivity index (χ4n) is 3.84. The van der Waals surface area contributed by atoms with E-state index in [0.717, 1.165) is 24.0 Å². The monoisotopic (exact) mass is 322 g/mol. The van der Waals surface area contributed by atoms with Gasteiger partial charge in [0, 0.05) is 37.3 Å². The summed E-state index contributed by atoms with van der Waals surface area (Å²) < 4.78 is 27.4. The van der Waals surface area contributed by atoms with Crippen LogP contribution in [0.2, 0.25) is 0 Å². The maximum atomic E-state index is 13.7. The lowest BCUT2D eigenvalue weighted by Crippen LogP contribution is -2.48. The Hall–Kier alpha value is -1.43. The molecule has 1 saturated heterocycles. The SMILES string of the molecule is CC1=CC(N2CCCC(F)(F)C2)=NC2=CCN([C@@H](C)C3CC3)N12. The second kappa shape index (κ2) is 5.30. The average Bonchev–Trinajstić information content (AvgIpc) is 3.25. The zero-order valence-electron chi connectivity index (χ0n) is 13.8. The summed E-state index contributed by atoms with van der Waals surface area (Å²) >= 11 is 0. The molecule has 0 bridgehead atoms. The largest absolute Gasteiger partial charge is 0.350 e. The molecule has 0 N–H and O–H groups in total. The number of alkyl halides is 2. The lowest BCUT2D eigenvalue weighted by atomic mass is 10.1. The molecule has 6 heteroatoms. The van der Waals surface area contributed by atoms with Crippen molar-refractivity contribution in [2.45, 2.75) is 51.5 Å². The van der Waals surface area contributed by atoms with Crippen molar-refractivity contribution in [3.63, 3.8) is 0 Å². The number of rotatable bonds is 2. The van der Waals surface area contributed by atoms with Crippen molar-refractivity contribution >= 4 is 5.84 Å². The number of hydrogen-bond acceptors (Lipinski definition) is 4. The van der Waals surface area contributed by atoms with Crippen LogP contribution in [0.4, 0.5) is 8.78 Å². The number of fused-ring (bicyclic) bond motifs is 1. The van der Waals surface area contributed by atoms with Crippen LogP contribution < -0.4 is 0 Å². The molecule has 2 fully saturated rings. The van der Waals surface area contributed by atoms with Crippen LogP contribution >= 0.6 is 0 Å². The van der Waals surface area contributed by atoms with Crippen LogP contribution in [0.1, 0.15) is 39.5 Å². The topological polar surface area (TPSA) is 22.1 Å². The molecule has 3 aliphatic heterocycles. The van der Waals surface area contributed by atoms with E-state index in [0.29, 0.717) is 24.8 Å². The third kappa shape index (κ3) is 2.77. The van der Waals surface area contributed by atoms with Crippen LogP contribution in [0, 0.1) is 5.92 Å². The van der Waals surface area contributed by atoms with Gasteiger partial charge in [0.1, 0.15) is 11.7 Å².